The number of halogens is 10. The molecule has 2 aromatic carbocycles. The first kappa shape index (κ1) is 36.4. The lowest BCUT2D eigenvalue weighted by atomic mass is 10.1. The summed E-state index contributed by atoms with van der Waals surface area (Å²) in [5.41, 5.74) is -1.50. The molecular weight excluding hydrogens is 626 g/mol. The number of carbonyl (C=O) groups is 2. The Morgan fingerprint density at radius 2 is 1.48 bits per heavy atom. The van der Waals surface area contributed by atoms with Gasteiger partial charge in [-0.2, -0.15) is 43.9 Å². The molecule has 0 fully saturated rings. The van der Waals surface area contributed by atoms with Crippen molar-refractivity contribution in [3.63, 3.8) is 0 Å². The van der Waals surface area contributed by atoms with Crippen LogP contribution >= 0.6 is 0 Å². The maximum Gasteiger partial charge on any atom is 0.462 e. The quantitative estimate of drug-likeness (QED) is 0.215. The molecule has 0 aliphatic carbocycles. The van der Waals surface area contributed by atoms with Gasteiger partial charge in [-0.05, 0) is 36.8 Å². The Labute approximate surface area is 243 Å². The van der Waals surface area contributed by atoms with Crippen molar-refractivity contribution in [2.75, 3.05) is 38.2 Å². The summed E-state index contributed by atoms with van der Waals surface area (Å²) in [6, 6.07) is 8.04. The number of carboxylic acid groups (broad SMARTS) is 1. The van der Waals surface area contributed by atoms with Gasteiger partial charge in [0.15, 0.2) is 6.10 Å². The fourth-order valence-corrected chi connectivity index (χ4v) is 3.52. The summed E-state index contributed by atoms with van der Waals surface area (Å²) in [5.74, 6) is -7.62. The van der Waals surface area contributed by atoms with E-state index in [-0.39, 0.29) is 18.8 Å². The Morgan fingerprint density at radius 1 is 0.886 bits per heavy atom. The highest BCUT2D eigenvalue weighted by atomic mass is 19.4. The number of nitrogens with one attached hydrogen (secondary N) is 1. The molecule has 0 aromatic heterocycles. The first-order chi connectivity index (χ1) is 20.3. The Kier molecular flexibility index (Phi) is 12.2. The van der Waals surface area contributed by atoms with Gasteiger partial charge in [0.25, 0.3) is 0 Å². The van der Waals surface area contributed by atoms with Crippen LogP contribution in [0.3, 0.4) is 0 Å². The number of urea groups is 1. The number of ether oxygens (including phenoxy) is 3. The van der Waals surface area contributed by atoms with Gasteiger partial charge in [-0.1, -0.05) is 24.3 Å². The molecule has 2 N–H and O–H groups in total. The molecule has 0 spiro atoms. The number of hydrogen-bond acceptors (Lipinski definition) is 5. The SMILES string of the molecule is CCOC(Cc1ccc(OCCN(CCOC(F)(F)C(F)(F)C(F)(F)F)C(=O)Nc2ccccc2C(F)(F)F)cc1)C(=O)O. The van der Waals surface area contributed by atoms with Gasteiger partial charge in [0.1, 0.15) is 12.4 Å². The number of benzene rings is 2. The maximum atomic E-state index is 13.6. The monoisotopic (exact) mass is 652 g/mol. The van der Waals surface area contributed by atoms with Crippen LogP contribution in [-0.4, -0.2) is 79.2 Å². The number of anilines is 1. The van der Waals surface area contributed by atoms with Crippen LogP contribution in [0.5, 0.6) is 5.75 Å². The van der Waals surface area contributed by atoms with E-state index >= 15 is 0 Å². The maximum absolute atomic E-state index is 13.6. The summed E-state index contributed by atoms with van der Waals surface area (Å²) in [6.45, 7) is -1.93. The van der Waals surface area contributed by atoms with Gasteiger partial charge in [-0.15, -0.1) is 0 Å². The van der Waals surface area contributed by atoms with Crippen molar-refractivity contribution >= 4 is 17.7 Å². The lowest BCUT2D eigenvalue weighted by molar-refractivity contribution is -0.423. The number of para-hydroxylation sites is 1. The van der Waals surface area contributed by atoms with E-state index in [4.69, 9.17) is 9.47 Å². The second-order valence-corrected chi connectivity index (χ2v) is 8.88. The molecule has 0 radical (unpaired) electrons. The third kappa shape index (κ3) is 9.87. The summed E-state index contributed by atoms with van der Waals surface area (Å²) in [4.78, 5) is 24.5. The first-order valence-electron chi connectivity index (χ1n) is 12.5. The molecule has 1 atom stereocenters. The molecule has 246 valence electrons. The van der Waals surface area contributed by atoms with Crippen molar-refractivity contribution in [2.24, 2.45) is 0 Å². The molecule has 0 bridgehead atoms. The summed E-state index contributed by atoms with van der Waals surface area (Å²) in [7, 11) is 0. The Bertz CT molecular complexity index is 1240. The van der Waals surface area contributed by atoms with Crippen LogP contribution in [0.4, 0.5) is 54.4 Å². The van der Waals surface area contributed by atoms with E-state index in [1.54, 1.807) is 6.92 Å². The molecule has 0 saturated carbocycles. The number of carboxylic acids is 1. The van der Waals surface area contributed by atoms with Crippen LogP contribution < -0.4 is 10.1 Å². The second-order valence-electron chi connectivity index (χ2n) is 8.88. The van der Waals surface area contributed by atoms with Crippen molar-refractivity contribution in [1.29, 1.82) is 0 Å². The number of rotatable bonds is 15. The Morgan fingerprint density at radius 3 is 2.02 bits per heavy atom. The number of nitrogens with zero attached hydrogens (tertiary/aromatic N) is 1. The standard InChI is InChI=1S/C26H26F10N2O6/c1-2-42-20(21(39)40)15-16-7-9-17(10-8-16)43-13-11-38(12-14-44-26(35,36)24(30,31)25(32,33)34)22(41)37-19-6-4-3-5-18(19)23(27,28)29/h3-10,20H,2,11-15H2,1H3,(H,37,41)(H,39,40). The van der Waals surface area contributed by atoms with Crippen molar-refractivity contribution in [3.05, 3.63) is 59.7 Å². The van der Waals surface area contributed by atoms with Gasteiger partial charge in [0.05, 0.1) is 24.4 Å². The van der Waals surface area contributed by atoms with Crippen molar-refractivity contribution in [3.8, 4) is 5.75 Å². The van der Waals surface area contributed by atoms with Crippen molar-refractivity contribution < 1.29 is 72.8 Å². The minimum atomic E-state index is -6.67. The van der Waals surface area contributed by atoms with Crippen molar-refractivity contribution in [1.82, 2.24) is 4.90 Å². The zero-order chi connectivity index (χ0) is 33.3. The molecule has 1 unspecified atom stereocenters. The first-order valence-corrected chi connectivity index (χ1v) is 12.5. The van der Waals surface area contributed by atoms with Gasteiger partial charge < -0.3 is 29.5 Å². The highest BCUT2D eigenvalue weighted by molar-refractivity contribution is 5.90. The fraction of sp³-hybridized carbons (Fsp3) is 0.462. The average molecular weight is 652 g/mol. The predicted molar refractivity (Wildman–Crippen MR) is 133 cm³/mol. The molecular formula is C26H26F10N2O6. The van der Waals surface area contributed by atoms with Gasteiger partial charge in [-0.3, -0.25) is 0 Å². The van der Waals surface area contributed by atoms with Crippen LogP contribution in [0.25, 0.3) is 0 Å². The number of carbonyl (C=O) groups excluding carboxylic acids is 1. The summed E-state index contributed by atoms with van der Waals surface area (Å²) in [5, 5.41) is 11.1. The van der Waals surface area contributed by atoms with E-state index in [0.29, 0.717) is 16.5 Å². The zero-order valence-corrected chi connectivity index (χ0v) is 22.7. The summed E-state index contributed by atoms with van der Waals surface area (Å²) >= 11 is 0. The minimum absolute atomic E-state index is 0.00875. The summed E-state index contributed by atoms with van der Waals surface area (Å²) < 4.78 is 144. The predicted octanol–water partition coefficient (Wildman–Crippen LogP) is 6.46. The number of hydrogen-bond donors (Lipinski definition) is 2. The van der Waals surface area contributed by atoms with E-state index in [9.17, 15) is 58.6 Å². The number of alkyl halides is 10. The largest absolute Gasteiger partial charge is 0.492 e. The van der Waals surface area contributed by atoms with Crippen LogP contribution in [0.15, 0.2) is 48.5 Å². The third-order valence-corrected chi connectivity index (χ3v) is 5.75. The lowest BCUT2D eigenvalue weighted by Gasteiger charge is -2.29. The third-order valence-electron chi connectivity index (χ3n) is 5.75. The van der Waals surface area contributed by atoms with E-state index in [1.165, 1.54) is 24.3 Å². The molecule has 18 heteroatoms. The molecule has 8 nitrogen and oxygen atoms in total. The average Bonchev–Trinajstić information content (AvgIpc) is 2.91. The van der Waals surface area contributed by atoms with Gasteiger partial charge in [0, 0.05) is 19.6 Å². The van der Waals surface area contributed by atoms with Crippen LogP contribution in [0.2, 0.25) is 0 Å². The lowest BCUT2D eigenvalue weighted by Crippen LogP contribution is -2.54. The molecule has 2 aromatic rings. The van der Waals surface area contributed by atoms with E-state index in [1.807, 2.05) is 5.32 Å². The topological polar surface area (TPSA) is 97.3 Å². The zero-order valence-electron chi connectivity index (χ0n) is 22.7. The van der Waals surface area contributed by atoms with Gasteiger partial charge in [0.2, 0.25) is 0 Å². The molecule has 0 saturated heterocycles. The molecule has 2 amide bonds. The number of aliphatic carboxylic acids is 1. The van der Waals surface area contributed by atoms with Crippen LogP contribution in [0, 0.1) is 0 Å². The molecule has 2 rings (SSSR count). The van der Waals surface area contributed by atoms with Crippen LogP contribution in [0.1, 0.15) is 18.1 Å². The van der Waals surface area contributed by atoms with Crippen molar-refractivity contribution in [2.45, 2.75) is 43.8 Å². The smallest absolute Gasteiger partial charge is 0.462 e. The minimum Gasteiger partial charge on any atom is -0.492 e. The normalized spacial score (nSPS) is 13.3. The second kappa shape index (κ2) is 14.8. The van der Waals surface area contributed by atoms with Crippen LogP contribution in [-0.2, 0) is 26.9 Å². The number of amides is 2. The van der Waals surface area contributed by atoms with Gasteiger partial charge >= 0.3 is 36.4 Å². The van der Waals surface area contributed by atoms with E-state index in [2.05, 4.69) is 4.74 Å². The van der Waals surface area contributed by atoms with E-state index in [0.717, 1.165) is 18.2 Å². The van der Waals surface area contributed by atoms with E-state index < -0.39 is 80.0 Å². The summed E-state index contributed by atoms with van der Waals surface area (Å²) in [6.07, 6.45) is -18.7. The molecule has 0 aliphatic heterocycles. The van der Waals surface area contributed by atoms with Gasteiger partial charge in [-0.25, -0.2) is 9.59 Å². The molecule has 0 heterocycles. The Hall–Kier alpha value is -3.80. The highest BCUT2D eigenvalue weighted by Gasteiger charge is 2.74. The fourth-order valence-electron chi connectivity index (χ4n) is 3.52. The molecule has 0 aliphatic rings. The highest BCUT2D eigenvalue weighted by Crippen LogP contribution is 2.47. The molecule has 44 heavy (non-hydrogen) atoms. The Balaban J connectivity index is 2.14.